The molecule has 0 aromatic heterocycles. The van der Waals surface area contributed by atoms with Crippen LogP contribution in [0.1, 0.15) is 26.7 Å². The van der Waals surface area contributed by atoms with Gasteiger partial charge in [0.1, 0.15) is 0 Å². The van der Waals surface area contributed by atoms with Crippen molar-refractivity contribution in [2.75, 3.05) is 0 Å². The van der Waals surface area contributed by atoms with Crippen molar-refractivity contribution >= 4 is 23.9 Å². The molecule has 0 fully saturated rings. The van der Waals surface area contributed by atoms with Gasteiger partial charge in [0.15, 0.2) is 0 Å². The van der Waals surface area contributed by atoms with E-state index in [1.165, 1.54) is 0 Å². The van der Waals surface area contributed by atoms with Crippen molar-refractivity contribution in [1.82, 2.24) is 0 Å². The molecule has 6 heteroatoms. The maximum absolute atomic E-state index is 12.0. The van der Waals surface area contributed by atoms with Crippen LogP contribution in [-0.4, -0.2) is 23.9 Å². The van der Waals surface area contributed by atoms with Crippen molar-refractivity contribution in [1.29, 1.82) is 0 Å². The second-order valence-electron chi connectivity index (χ2n) is 5.58. The molecule has 2 unspecified atom stereocenters. The third-order valence-corrected chi connectivity index (χ3v) is 4.18. The molecular formula is C16H14O6. The fraction of sp³-hybridized carbons (Fsp3) is 0.375. The predicted octanol–water partition coefficient (Wildman–Crippen LogP) is 1.37. The van der Waals surface area contributed by atoms with E-state index in [1.54, 1.807) is 26.0 Å². The smallest absolute Gasteiger partial charge is 0.343 e. The van der Waals surface area contributed by atoms with Gasteiger partial charge >= 0.3 is 23.9 Å². The molecule has 0 aromatic carbocycles. The lowest BCUT2D eigenvalue weighted by Crippen LogP contribution is -2.18. The molecule has 0 N–H and O–H groups in total. The number of ether oxygens (including phenoxy) is 2. The van der Waals surface area contributed by atoms with Crippen LogP contribution in [0.4, 0.5) is 0 Å². The summed E-state index contributed by atoms with van der Waals surface area (Å²) in [4.78, 5) is 47.6. The van der Waals surface area contributed by atoms with Crippen molar-refractivity contribution in [2.24, 2.45) is 11.8 Å². The molecule has 0 radical (unpaired) electrons. The van der Waals surface area contributed by atoms with E-state index in [0.717, 1.165) is 0 Å². The summed E-state index contributed by atoms with van der Waals surface area (Å²) in [5, 5.41) is 0. The topological polar surface area (TPSA) is 86.7 Å². The molecule has 2 atom stereocenters. The lowest BCUT2D eigenvalue weighted by Gasteiger charge is -2.19. The largest absolute Gasteiger partial charge is 0.386 e. The molecule has 2 aliphatic heterocycles. The van der Waals surface area contributed by atoms with E-state index in [0.29, 0.717) is 16.7 Å². The summed E-state index contributed by atoms with van der Waals surface area (Å²) in [6, 6.07) is 0. The quantitative estimate of drug-likeness (QED) is 0.413. The number of carbonyl (C=O) groups excluding carboxylic acids is 4. The molecule has 22 heavy (non-hydrogen) atoms. The Morgan fingerprint density at radius 3 is 2.00 bits per heavy atom. The number of carbonyl (C=O) groups is 4. The van der Waals surface area contributed by atoms with Crippen molar-refractivity contribution in [3.05, 3.63) is 34.4 Å². The molecule has 0 aromatic rings. The van der Waals surface area contributed by atoms with Crippen LogP contribution in [0, 0.1) is 11.8 Å². The molecule has 1 aliphatic carbocycles. The van der Waals surface area contributed by atoms with E-state index >= 15 is 0 Å². The average molecular weight is 302 g/mol. The summed E-state index contributed by atoms with van der Waals surface area (Å²) in [5.74, 6) is -3.52. The summed E-state index contributed by atoms with van der Waals surface area (Å²) in [5.41, 5.74) is 1.17. The highest BCUT2D eigenvalue weighted by atomic mass is 16.6. The number of hydrogen-bond acceptors (Lipinski definition) is 6. The lowest BCUT2D eigenvalue weighted by molar-refractivity contribution is -0.153. The van der Waals surface area contributed by atoms with Gasteiger partial charge in [-0.15, -0.1) is 0 Å². The first kappa shape index (κ1) is 14.4. The van der Waals surface area contributed by atoms with E-state index in [2.05, 4.69) is 0 Å². The van der Waals surface area contributed by atoms with Gasteiger partial charge in [-0.3, -0.25) is 0 Å². The molecule has 0 bridgehead atoms. The van der Waals surface area contributed by atoms with Crippen LogP contribution in [0.2, 0.25) is 0 Å². The molecule has 2 heterocycles. The Bertz CT molecular complexity index is 706. The first-order chi connectivity index (χ1) is 10.4. The van der Waals surface area contributed by atoms with Gasteiger partial charge in [-0.1, -0.05) is 19.1 Å². The van der Waals surface area contributed by atoms with Gasteiger partial charge in [-0.25, -0.2) is 19.2 Å². The monoisotopic (exact) mass is 302 g/mol. The lowest BCUT2D eigenvalue weighted by atomic mass is 9.79. The average Bonchev–Trinajstić information content (AvgIpc) is 2.84. The van der Waals surface area contributed by atoms with E-state index in [4.69, 9.17) is 9.47 Å². The van der Waals surface area contributed by atoms with Gasteiger partial charge in [0.2, 0.25) is 0 Å². The van der Waals surface area contributed by atoms with Crippen molar-refractivity contribution < 1.29 is 28.7 Å². The van der Waals surface area contributed by atoms with Gasteiger partial charge in [0.05, 0.1) is 11.1 Å². The van der Waals surface area contributed by atoms with E-state index in [1.807, 2.05) is 0 Å². The number of cyclic esters (lactones) is 4. The second kappa shape index (κ2) is 5.05. The summed E-state index contributed by atoms with van der Waals surface area (Å²) >= 11 is 0. The van der Waals surface area contributed by atoms with Gasteiger partial charge in [-0.2, -0.15) is 0 Å². The number of esters is 4. The van der Waals surface area contributed by atoms with Crippen molar-refractivity contribution in [3.8, 4) is 0 Å². The third kappa shape index (κ3) is 2.03. The Balaban J connectivity index is 2.14. The Morgan fingerprint density at radius 2 is 1.41 bits per heavy atom. The highest BCUT2D eigenvalue weighted by Gasteiger charge is 2.44. The maximum Gasteiger partial charge on any atom is 0.343 e. The molecule has 3 aliphatic rings. The summed E-state index contributed by atoms with van der Waals surface area (Å²) in [6.45, 7) is 3.50. The molecule has 114 valence electrons. The Labute approximate surface area is 126 Å². The van der Waals surface area contributed by atoms with Crippen LogP contribution >= 0.6 is 0 Å². The third-order valence-electron chi connectivity index (χ3n) is 4.18. The minimum absolute atomic E-state index is 0.149. The van der Waals surface area contributed by atoms with Crippen LogP contribution in [0.5, 0.6) is 0 Å². The Hall–Kier alpha value is -2.50. The van der Waals surface area contributed by atoms with Crippen LogP contribution in [-0.2, 0) is 28.7 Å². The number of rotatable bonds is 1. The van der Waals surface area contributed by atoms with E-state index < -0.39 is 29.8 Å². The number of allylic oxidation sites excluding steroid dienone is 2. The normalized spacial score (nSPS) is 28.6. The standard InChI is InChI=1S/C16H14O6/c1-3-4-8-6-10-11(15(19)21-14(10)18)7(2)5-9-12(8)16(20)22-13(9)17/h3-4,7-8H,5-6H2,1-2H3. The minimum atomic E-state index is -0.669. The minimum Gasteiger partial charge on any atom is -0.386 e. The van der Waals surface area contributed by atoms with E-state index in [-0.39, 0.29) is 24.3 Å². The molecule has 0 amide bonds. The molecule has 6 nitrogen and oxygen atoms in total. The van der Waals surface area contributed by atoms with E-state index in [9.17, 15) is 19.2 Å². The molecule has 0 saturated carbocycles. The Morgan fingerprint density at radius 1 is 0.864 bits per heavy atom. The van der Waals surface area contributed by atoms with Crippen molar-refractivity contribution in [2.45, 2.75) is 26.7 Å². The van der Waals surface area contributed by atoms with Crippen LogP contribution in [0.25, 0.3) is 0 Å². The second-order valence-corrected chi connectivity index (χ2v) is 5.58. The van der Waals surface area contributed by atoms with Crippen molar-refractivity contribution in [3.63, 3.8) is 0 Å². The van der Waals surface area contributed by atoms with Gasteiger partial charge < -0.3 is 9.47 Å². The SMILES string of the molecule is CC=CC1CC2=C(C(=O)OC2=O)C(C)CC2=C1C(=O)OC2=O. The number of hydrogen-bond donors (Lipinski definition) is 0. The predicted molar refractivity (Wildman–Crippen MR) is 73.0 cm³/mol. The highest BCUT2D eigenvalue weighted by molar-refractivity contribution is 6.15. The molecule has 0 saturated heterocycles. The molecule has 0 spiro atoms. The zero-order valence-corrected chi connectivity index (χ0v) is 12.2. The first-order valence-corrected chi connectivity index (χ1v) is 7.06. The van der Waals surface area contributed by atoms with Crippen LogP contribution in [0.3, 0.4) is 0 Å². The summed E-state index contributed by atoms with van der Waals surface area (Å²) < 4.78 is 9.41. The molecule has 3 rings (SSSR count). The highest BCUT2D eigenvalue weighted by Crippen LogP contribution is 2.41. The first-order valence-electron chi connectivity index (χ1n) is 7.06. The summed E-state index contributed by atoms with van der Waals surface area (Å²) in [7, 11) is 0. The zero-order valence-electron chi connectivity index (χ0n) is 12.2. The maximum atomic E-state index is 12.0. The summed E-state index contributed by atoms with van der Waals surface area (Å²) in [6.07, 6.45) is 3.79. The van der Waals surface area contributed by atoms with Gasteiger partial charge in [0.25, 0.3) is 0 Å². The Kier molecular flexibility index (Phi) is 3.31. The van der Waals surface area contributed by atoms with Crippen LogP contribution in [0.15, 0.2) is 34.4 Å². The fourth-order valence-electron chi connectivity index (χ4n) is 3.26. The van der Waals surface area contributed by atoms with Gasteiger partial charge in [-0.05, 0) is 25.7 Å². The fourth-order valence-corrected chi connectivity index (χ4v) is 3.26. The molecular weight excluding hydrogens is 288 g/mol. The van der Waals surface area contributed by atoms with Gasteiger partial charge in [0, 0.05) is 17.1 Å². The van der Waals surface area contributed by atoms with Crippen LogP contribution < -0.4 is 0 Å². The zero-order chi connectivity index (χ0) is 16.0.